The molecular formula is C27H28N4O3. The van der Waals surface area contributed by atoms with Crippen molar-refractivity contribution in [3.05, 3.63) is 65.0 Å². The van der Waals surface area contributed by atoms with Gasteiger partial charge in [-0.3, -0.25) is 4.79 Å². The number of esters is 1. The summed E-state index contributed by atoms with van der Waals surface area (Å²) in [6, 6.07) is 15.9. The van der Waals surface area contributed by atoms with Gasteiger partial charge in [0, 0.05) is 23.7 Å². The maximum Gasteiger partial charge on any atom is 0.305 e. The smallest absolute Gasteiger partial charge is 0.305 e. The molecule has 34 heavy (non-hydrogen) atoms. The lowest BCUT2D eigenvalue weighted by Crippen LogP contribution is -2.07. The fourth-order valence-electron chi connectivity index (χ4n) is 4.28. The standard InChI is InChI=1S/C27H28N4O3/c1-4-21-13-14-24-26(20-10-8-9-19(16-20)17-28)22(11-6-7-12-25(32)33-5-2)27(29-31(21)24)23-15-18(3)34-30-23/h8-10,13-16H,4-7,11-12H2,1-3H3. The van der Waals surface area contributed by atoms with Gasteiger partial charge in [-0.1, -0.05) is 24.2 Å². The first-order chi connectivity index (χ1) is 16.5. The quantitative estimate of drug-likeness (QED) is 0.238. The number of hydrogen-bond donors (Lipinski definition) is 0. The molecule has 0 unspecified atom stereocenters. The van der Waals surface area contributed by atoms with Crippen molar-refractivity contribution in [2.75, 3.05) is 6.61 Å². The van der Waals surface area contributed by atoms with E-state index in [9.17, 15) is 10.1 Å². The minimum Gasteiger partial charge on any atom is -0.466 e. The first-order valence-corrected chi connectivity index (χ1v) is 11.7. The number of aryl methyl sites for hydroxylation is 2. The minimum absolute atomic E-state index is 0.176. The third kappa shape index (κ3) is 4.72. The summed E-state index contributed by atoms with van der Waals surface area (Å²) in [5.74, 6) is 0.533. The number of ether oxygens (including phenoxy) is 1. The van der Waals surface area contributed by atoms with E-state index in [1.54, 1.807) is 6.07 Å². The van der Waals surface area contributed by atoms with Gasteiger partial charge in [0.15, 0.2) is 0 Å². The number of benzene rings is 1. The molecule has 1 aromatic carbocycles. The summed E-state index contributed by atoms with van der Waals surface area (Å²) in [7, 11) is 0. The topological polar surface area (TPSA) is 93.4 Å². The fourth-order valence-corrected chi connectivity index (χ4v) is 4.28. The zero-order valence-corrected chi connectivity index (χ0v) is 19.8. The highest BCUT2D eigenvalue weighted by atomic mass is 16.5. The van der Waals surface area contributed by atoms with Crippen molar-refractivity contribution in [2.24, 2.45) is 0 Å². The largest absolute Gasteiger partial charge is 0.466 e. The van der Waals surface area contributed by atoms with E-state index in [1.165, 1.54) is 0 Å². The summed E-state index contributed by atoms with van der Waals surface area (Å²) in [6.45, 7) is 6.16. The zero-order chi connectivity index (χ0) is 24.1. The van der Waals surface area contributed by atoms with Crippen LogP contribution in [0.4, 0.5) is 0 Å². The molecule has 7 heteroatoms. The van der Waals surface area contributed by atoms with E-state index in [1.807, 2.05) is 42.6 Å². The van der Waals surface area contributed by atoms with Crippen molar-refractivity contribution >= 4 is 11.5 Å². The molecule has 7 nitrogen and oxygen atoms in total. The van der Waals surface area contributed by atoms with Gasteiger partial charge in [-0.05, 0) is 74.9 Å². The summed E-state index contributed by atoms with van der Waals surface area (Å²) < 4.78 is 12.4. The van der Waals surface area contributed by atoms with Gasteiger partial charge < -0.3 is 9.26 Å². The van der Waals surface area contributed by atoms with E-state index in [0.717, 1.165) is 46.4 Å². The molecule has 0 aliphatic carbocycles. The number of carbonyl (C=O) groups is 1. The van der Waals surface area contributed by atoms with Crippen LogP contribution >= 0.6 is 0 Å². The number of nitriles is 1. The molecule has 0 saturated carbocycles. The summed E-state index contributed by atoms with van der Waals surface area (Å²) in [6.07, 6.45) is 3.40. The normalized spacial score (nSPS) is 11.0. The van der Waals surface area contributed by atoms with Gasteiger partial charge in [-0.25, -0.2) is 4.52 Å². The molecule has 174 valence electrons. The number of carbonyl (C=O) groups excluding carboxylic acids is 1. The molecule has 0 amide bonds. The Morgan fingerprint density at radius 1 is 1.18 bits per heavy atom. The Hall–Kier alpha value is -3.92. The highest BCUT2D eigenvalue weighted by molar-refractivity contribution is 5.87. The molecule has 0 bridgehead atoms. The molecule has 0 fully saturated rings. The number of unbranched alkanes of at least 4 members (excludes halogenated alkanes) is 1. The predicted molar refractivity (Wildman–Crippen MR) is 129 cm³/mol. The number of hydrogen-bond acceptors (Lipinski definition) is 6. The first-order valence-electron chi connectivity index (χ1n) is 11.7. The van der Waals surface area contributed by atoms with Crippen LogP contribution in [0.2, 0.25) is 0 Å². The second-order valence-electron chi connectivity index (χ2n) is 8.20. The second-order valence-corrected chi connectivity index (χ2v) is 8.20. The van der Waals surface area contributed by atoms with Crippen molar-refractivity contribution in [1.29, 1.82) is 5.26 Å². The number of fused-ring (bicyclic) bond motifs is 1. The van der Waals surface area contributed by atoms with Crippen LogP contribution in [0.15, 0.2) is 47.0 Å². The van der Waals surface area contributed by atoms with Crippen molar-refractivity contribution in [2.45, 2.75) is 52.9 Å². The molecule has 0 saturated heterocycles. The third-order valence-corrected chi connectivity index (χ3v) is 5.85. The van der Waals surface area contributed by atoms with Crippen molar-refractivity contribution in [3.63, 3.8) is 0 Å². The Kier molecular flexibility index (Phi) is 7.07. The van der Waals surface area contributed by atoms with E-state index in [2.05, 4.69) is 30.3 Å². The average molecular weight is 457 g/mol. The molecule has 4 aromatic rings. The van der Waals surface area contributed by atoms with E-state index in [4.69, 9.17) is 14.4 Å². The first kappa shape index (κ1) is 23.2. The lowest BCUT2D eigenvalue weighted by Gasteiger charge is -2.17. The molecule has 3 aromatic heterocycles. The SMILES string of the molecule is CCOC(=O)CCCCc1c(-c2cc(C)on2)nn2c(CC)ccc2c1-c1cccc(C#N)c1. The van der Waals surface area contributed by atoms with Crippen molar-refractivity contribution in [3.8, 4) is 28.6 Å². The molecule has 0 aliphatic rings. The number of aromatic nitrogens is 3. The Balaban J connectivity index is 1.88. The van der Waals surface area contributed by atoms with E-state index < -0.39 is 0 Å². The van der Waals surface area contributed by atoms with Crippen LogP contribution in [0, 0.1) is 18.3 Å². The number of rotatable bonds is 9. The van der Waals surface area contributed by atoms with Crippen LogP contribution < -0.4 is 0 Å². The van der Waals surface area contributed by atoms with Crippen LogP contribution in [-0.4, -0.2) is 27.3 Å². The van der Waals surface area contributed by atoms with Gasteiger partial charge in [0.2, 0.25) is 0 Å². The maximum absolute atomic E-state index is 11.8. The zero-order valence-electron chi connectivity index (χ0n) is 19.8. The molecule has 0 spiro atoms. The van der Waals surface area contributed by atoms with Crippen LogP contribution in [0.5, 0.6) is 0 Å². The molecule has 3 heterocycles. The molecule has 0 radical (unpaired) electrons. The van der Waals surface area contributed by atoms with Gasteiger partial charge in [0.25, 0.3) is 0 Å². The van der Waals surface area contributed by atoms with Gasteiger partial charge >= 0.3 is 5.97 Å². The maximum atomic E-state index is 11.8. The van der Waals surface area contributed by atoms with E-state index >= 15 is 0 Å². The van der Waals surface area contributed by atoms with Crippen LogP contribution in [0.1, 0.15) is 55.7 Å². The van der Waals surface area contributed by atoms with Crippen LogP contribution in [0.3, 0.4) is 0 Å². The van der Waals surface area contributed by atoms with Gasteiger partial charge in [0.05, 0.1) is 23.8 Å². The van der Waals surface area contributed by atoms with Gasteiger partial charge in [0.1, 0.15) is 17.1 Å². The molecule has 4 rings (SSSR count). The lowest BCUT2D eigenvalue weighted by molar-refractivity contribution is -0.143. The van der Waals surface area contributed by atoms with E-state index in [-0.39, 0.29) is 5.97 Å². The highest BCUT2D eigenvalue weighted by Crippen LogP contribution is 2.36. The van der Waals surface area contributed by atoms with E-state index in [0.29, 0.717) is 42.9 Å². The van der Waals surface area contributed by atoms with Gasteiger partial charge in [-0.15, -0.1) is 0 Å². The highest BCUT2D eigenvalue weighted by Gasteiger charge is 2.22. The lowest BCUT2D eigenvalue weighted by atomic mass is 9.92. The summed E-state index contributed by atoms with van der Waals surface area (Å²) in [5, 5.41) is 18.8. The Labute approximate surface area is 198 Å². The molecule has 0 aliphatic heterocycles. The second kappa shape index (κ2) is 10.3. The molecule has 0 N–H and O–H groups in total. The van der Waals surface area contributed by atoms with Gasteiger partial charge in [-0.2, -0.15) is 10.4 Å². The molecular weight excluding hydrogens is 428 g/mol. The molecule has 0 atom stereocenters. The Bertz CT molecular complexity index is 1360. The predicted octanol–water partition coefficient (Wildman–Crippen LogP) is 5.67. The summed E-state index contributed by atoms with van der Waals surface area (Å²) >= 11 is 0. The van der Waals surface area contributed by atoms with Crippen LogP contribution in [-0.2, 0) is 22.4 Å². The number of nitrogens with zero attached hydrogens (tertiary/aromatic N) is 4. The fraction of sp³-hybridized carbons (Fsp3) is 0.333. The van der Waals surface area contributed by atoms with Crippen molar-refractivity contribution in [1.82, 2.24) is 14.8 Å². The summed E-state index contributed by atoms with van der Waals surface area (Å²) in [4.78, 5) is 11.8. The monoisotopic (exact) mass is 456 g/mol. The summed E-state index contributed by atoms with van der Waals surface area (Å²) in [5.41, 5.74) is 7.10. The van der Waals surface area contributed by atoms with Crippen molar-refractivity contribution < 1.29 is 14.1 Å². The Morgan fingerprint density at radius 2 is 2.03 bits per heavy atom. The third-order valence-electron chi connectivity index (χ3n) is 5.85. The minimum atomic E-state index is -0.176. The average Bonchev–Trinajstić information content (AvgIpc) is 3.46. The Morgan fingerprint density at radius 3 is 2.74 bits per heavy atom. The van der Waals surface area contributed by atoms with Crippen LogP contribution in [0.25, 0.3) is 28.0 Å².